The van der Waals surface area contributed by atoms with E-state index in [0.29, 0.717) is 5.75 Å². The number of halogens is 2. The molecule has 1 heterocycles. The summed E-state index contributed by atoms with van der Waals surface area (Å²) in [6.07, 6.45) is 0.975. The fourth-order valence-electron chi connectivity index (χ4n) is 1.18. The maximum atomic E-state index is 13.3. The molecule has 0 aliphatic carbocycles. The fourth-order valence-corrected chi connectivity index (χ4v) is 1.30. The monoisotopic (exact) mass is 238 g/mol. The molecule has 0 fully saturated rings. The molecule has 1 aromatic heterocycles. The lowest BCUT2D eigenvalue weighted by Crippen LogP contribution is -1.95. The molecule has 0 unspecified atom stereocenters. The van der Waals surface area contributed by atoms with Crippen molar-refractivity contribution in [3.63, 3.8) is 0 Å². The zero-order valence-electron chi connectivity index (χ0n) is 8.45. The number of hydrogen-bond donors (Lipinski definition) is 0. The van der Waals surface area contributed by atoms with Crippen LogP contribution in [0.5, 0.6) is 11.6 Å². The lowest BCUT2D eigenvalue weighted by molar-refractivity contribution is 0.417. The van der Waals surface area contributed by atoms with E-state index in [4.69, 9.17) is 16.3 Å². The number of hydrogen-bond acceptors (Lipinski definition) is 3. The molecule has 3 nitrogen and oxygen atoms in total. The van der Waals surface area contributed by atoms with Crippen LogP contribution in [-0.4, -0.2) is 9.97 Å². The second-order valence-corrected chi connectivity index (χ2v) is 3.50. The molecule has 2 rings (SSSR count). The Morgan fingerprint density at radius 3 is 2.81 bits per heavy atom. The number of aromatic nitrogens is 2. The van der Waals surface area contributed by atoms with Gasteiger partial charge in [-0.15, -0.1) is 0 Å². The average molecular weight is 239 g/mol. The van der Waals surface area contributed by atoms with E-state index in [9.17, 15) is 4.39 Å². The summed E-state index contributed by atoms with van der Waals surface area (Å²) in [5.74, 6) is -0.280. The van der Waals surface area contributed by atoms with E-state index in [1.54, 1.807) is 12.1 Å². The quantitative estimate of drug-likeness (QED) is 0.753. The van der Waals surface area contributed by atoms with Crippen LogP contribution >= 0.6 is 11.6 Å². The largest absolute Gasteiger partial charge is 0.436 e. The summed E-state index contributed by atoms with van der Waals surface area (Å²) in [5, 5.41) is -0.0509. The molecule has 82 valence electrons. The Bertz CT molecular complexity index is 519. The van der Waals surface area contributed by atoms with Crippen molar-refractivity contribution in [2.75, 3.05) is 0 Å². The van der Waals surface area contributed by atoms with Gasteiger partial charge in [0, 0.05) is 0 Å². The van der Waals surface area contributed by atoms with E-state index in [2.05, 4.69) is 9.97 Å². The number of benzene rings is 1. The molecule has 0 N–H and O–H groups in total. The maximum Gasteiger partial charge on any atom is 0.260 e. The van der Waals surface area contributed by atoms with Crippen LogP contribution in [0.4, 0.5) is 4.39 Å². The summed E-state index contributed by atoms with van der Waals surface area (Å²) < 4.78 is 18.6. The van der Waals surface area contributed by atoms with E-state index in [1.807, 2.05) is 19.1 Å². The summed E-state index contributed by atoms with van der Waals surface area (Å²) in [7, 11) is 0. The summed E-state index contributed by atoms with van der Waals surface area (Å²) in [6.45, 7) is 1.86. The molecule has 0 radical (unpaired) electrons. The molecule has 0 amide bonds. The highest BCUT2D eigenvalue weighted by molar-refractivity contribution is 6.28. The molecular formula is C11H8ClFN2O. The first-order valence-electron chi connectivity index (χ1n) is 4.58. The standard InChI is InChI=1S/C11H8ClFN2O/c1-7-4-2-3-5-9(7)16-10-8(13)6-14-11(12)15-10/h2-6H,1H3. The van der Waals surface area contributed by atoms with Gasteiger partial charge in [0.25, 0.3) is 5.88 Å². The molecule has 0 saturated carbocycles. The molecule has 0 saturated heterocycles. The molecule has 0 spiro atoms. The minimum atomic E-state index is -0.646. The summed E-state index contributed by atoms with van der Waals surface area (Å²) >= 11 is 5.55. The molecule has 2 aromatic rings. The van der Waals surface area contributed by atoms with E-state index >= 15 is 0 Å². The van der Waals surface area contributed by atoms with Gasteiger partial charge in [-0.3, -0.25) is 0 Å². The number of nitrogens with zero attached hydrogens (tertiary/aromatic N) is 2. The first-order valence-corrected chi connectivity index (χ1v) is 4.96. The second-order valence-electron chi connectivity index (χ2n) is 3.16. The number of para-hydroxylation sites is 1. The Morgan fingerprint density at radius 1 is 1.31 bits per heavy atom. The molecule has 0 aliphatic rings. The van der Waals surface area contributed by atoms with Crippen LogP contribution in [0.2, 0.25) is 5.28 Å². The lowest BCUT2D eigenvalue weighted by atomic mass is 10.2. The van der Waals surface area contributed by atoms with Gasteiger partial charge in [0.05, 0.1) is 6.20 Å². The van der Waals surface area contributed by atoms with Crippen LogP contribution in [0.15, 0.2) is 30.5 Å². The van der Waals surface area contributed by atoms with Crippen molar-refractivity contribution < 1.29 is 9.13 Å². The lowest BCUT2D eigenvalue weighted by Gasteiger charge is -2.07. The molecular weight excluding hydrogens is 231 g/mol. The molecule has 0 bridgehead atoms. The summed E-state index contributed by atoms with van der Waals surface area (Å²) in [4.78, 5) is 7.17. The molecule has 5 heteroatoms. The second kappa shape index (κ2) is 4.45. The van der Waals surface area contributed by atoms with Crippen LogP contribution in [-0.2, 0) is 0 Å². The molecule has 0 atom stereocenters. The van der Waals surface area contributed by atoms with E-state index in [0.717, 1.165) is 11.8 Å². The van der Waals surface area contributed by atoms with Crippen molar-refractivity contribution in [3.05, 3.63) is 47.1 Å². The Balaban J connectivity index is 2.34. The van der Waals surface area contributed by atoms with E-state index in [-0.39, 0.29) is 11.2 Å². The smallest absolute Gasteiger partial charge is 0.260 e. The van der Waals surface area contributed by atoms with Crippen LogP contribution in [0.1, 0.15) is 5.56 Å². The first kappa shape index (κ1) is 10.8. The van der Waals surface area contributed by atoms with Gasteiger partial charge >= 0.3 is 0 Å². The average Bonchev–Trinajstić information content (AvgIpc) is 2.27. The van der Waals surface area contributed by atoms with Gasteiger partial charge in [-0.2, -0.15) is 9.37 Å². The van der Waals surface area contributed by atoms with Crippen molar-refractivity contribution in [1.29, 1.82) is 0 Å². The normalized spacial score (nSPS) is 10.2. The van der Waals surface area contributed by atoms with Gasteiger partial charge in [-0.05, 0) is 30.2 Å². The van der Waals surface area contributed by atoms with Gasteiger partial charge in [0.15, 0.2) is 0 Å². The molecule has 16 heavy (non-hydrogen) atoms. The topological polar surface area (TPSA) is 35.0 Å². The zero-order valence-corrected chi connectivity index (χ0v) is 9.20. The Hall–Kier alpha value is -1.68. The number of rotatable bonds is 2. The van der Waals surface area contributed by atoms with Gasteiger partial charge in [-0.1, -0.05) is 18.2 Å². The fraction of sp³-hybridized carbons (Fsp3) is 0.0909. The van der Waals surface area contributed by atoms with Crippen molar-refractivity contribution in [3.8, 4) is 11.6 Å². The van der Waals surface area contributed by atoms with Gasteiger partial charge in [-0.25, -0.2) is 4.98 Å². The van der Waals surface area contributed by atoms with Gasteiger partial charge in [0.2, 0.25) is 11.1 Å². The Labute approximate surface area is 96.9 Å². The zero-order chi connectivity index (χ0) is 11.5. The van der Waals surface area contributed by atoms with Crippen molar-refractivity contribution in [1.82, 2.24) is 9.97 Å². The van der Waals surface area contributed by atoms with Crippen molar-refractivity contribution >= 4 is 11.6 Å². The minimum absolute atomic E-state index is 0.0509. The molecule has 1 aromatic carbocycles. The molecule has 0 aliphatic heterocycles. The van der Waals surface area contributed by atoms with Crippen LogP contribution in [0, 0.1) is 12.7 Å². The highest BCUT2D eigenvalue weighted by Crippen LogP contribution is 2.25. The number of aryl methyl sites for hydroxylation is 1. The third-order valence-corrected chi connectivity index (χ3v) is 2.16. The number of ether oxygens (including phenoxy) is 1. The predicted molar refractivity (Wildman–Crippen MR) is 58.3 cm³/mol. The highest BCUT2D eigenvalue weighted by Gasteiger charge is 2.09. The SMILES string of the molecule is Cc1ccccc1Oc1nc(Cl)ncc1F. The Morgan fingerprint density at radius 2 is 2.06 bits per heavy atom. The van der Waals surface area contributed by atoms with E-state index < -0.39 is 5.82 Å². The summed E-state index contributed by atoms with van der Waals surface area (Å²) in [6, 6.07) is 7.25. The van der Waals surface area contributed by atoms with Crippen LogP contribution in [0.25, 0.3) is 0 Å². The van der Waals surface area contributed by atoms with Gasteiger partial charge < -0.3 is 4.74 Å². The van der Waals surface area contributed by atoms with Gasteiger partial charge in [0.1, 0.15) is 5.75 Å². The third kappa shape index (κ3) is 2.28. The van der Waals surface area contributed by atoms with Crippen LogP contribution < -0.4 is 4.74 Å². The van der Waals surface area contributed by atoms with Crippen molar-refractivity contribution in [2.45, 2.75) is 6.92 Å². The first-order chi connectivity index (χ1) is 7.66. The maximum absolute atomic E-state index is 13.3. The highest BCUT2D eigenvalue weighted by atomic mass is 35.5. The van der Waals surface area contributed by atoms with Crippen LogP contribution in [0.3, 0.4) is 0 Å². The van der Waals surface area contributed by atoms with E-state index in [1.165, 1.54) is 0 Å². The summed E-state index contributed by atoms with van der Waals surface area (Å²) in [5.41, 5.74) is 0.886. The Kier molecular flexibility index (Phi) is 3.01. The van der Waals surface area contributed by atoms with Crippen molar-refractivity contribution in [2.24, 2.45) is 0 Å². The predicted octanol–water partition coefficient (Wildman–Crippen LogP) is 3.37. The third-order valence-electron chi connectivity index (χ3n) is 1.98. The minimum Gasteiger partial charge on any atom is -0.436 e.